The molecule has 6 nitrogen and oxygen atoms in total. The van der Waals surface area contributed by atoms with Crippen LogP contribution in [-0.4, -0.2) is 56.9 Å². The fourth-order valence-corrected chi connectivity index (χ4v) is 7.23. The Morgan fingerprint density at radius 1 is 1.11 bits per heavy atom. The van der Waals surface area contributed by atoms with Gasteiger partial charge in [0.05, 0.1) is 17.5 Å². The van der Waals surface area contributed by atoms with Crippen molar-refractivity contribution < 1.29 is 17.9 Å². The number of nitrogens with zero attached hydrogens (tertiary/aromatic N) is 2. The summed E-state index contributed by atoms with van der Waals surface area (Å²) in [7, 11) is -2.32. The molecule has 0 spiro atoms. The fraction of sp³-hybridized carbons (Fsp3) is 0.414. The summed E-state index contributed by atoms with van der Waals surface area (Å²) in [5, 5.41) is 2.67. The Bertz CT molecular complexity index is 1350. The maximum atomic E-state index is 13.9. The number of hydrogen-bond donors (Lipinski definition) is 0. The predicted octanol–water partition coefficient (Wildman–Crippen LogP) is 5.90. The highest BCUT2D eigenvalue weighted by molar-refractivity contribution is 7.89. The molecule has 1 aliphatic heterocycles. The van der Waals surface area contributed by atoms with Crippen LogP contribution < -0.4 is 0 Å². The number of benzene rings is 2. The van der Waals surface area contributed by atoms with E-state index in [-0.39, 0.29) is 35.3 Å². The zero-order valence-corrected chi connectivity index (χ0v) is 24.7. The summed E-state index contributed by atoms with van der Waals surface area (Å²) < 4.78 is 34.0. The predicted molar refractivity (Wildman–Crippen MR) is 153 cm³/mol. The van der Waals surface area contributed by atoms with Crippen molar-refractivity contribution >= 4 is 38.9 Å². The summed E-state index contributed by atoms with van der Waals surface area (Å²) in [4.78, 5) is 17.1. The first kappa shape index (κ1) is 28.8. The van der Waals surface area contributed by atoms with E-state index in [9.17, 15) is 13.2 Å². The van der Waals surface area contributed by atoms with Gasteiger partial charge in [-0.3, -0.25) is 4.79 Å². The van der Waals surface area contributed by atoms with Gasteiger partial charge in [-0.05, 0) is 70.7 Å². The van der Waals surface area contributed by atoms with E-state index < -0.39 is 10.0 Å². The molecule has 0 radical (unpaired) electrons. The van der Waals surface area contributed by atoms with Crippen LogP contribution in [0.25, 0.3) is 0 Å². The van der Waals surface area contributed by atoms with E-state index in [1.807, 2.05) is 41.8 Å². The van der Waals surface area contributed by atoms with E-state index in [0.717, 1.165) is 23.1 Å². The third-order valence-electron chi connectivity index (χ3n) is 6.90. The van der Waals surface area contributed by atoms with Crippen molar-refractivity contribution in [1.29, 1.82) is 0 Å². The average molecular weight is 575 g/mol. The lowest BCUT2D eigenvalue weighted by Crippen LogP contribution is -2.47. The Labute approximate surface area is 235 Å². The Kier molecular flexibility index (Phi) is 9.00. The zero-order chi connectivity index (χ0) is 27.5. The SMILES string of the molecule is COCCCN(CC(=O)N1CCc2sccc2[C@H]1c1ccc(Cl)cc1)S(=O)(=O)c1ccc(C(C)(C)C)cc1. The lowest BCUT2D eigenvalue weighted by molar-refractivity contribution is -0.133. The summed E-state index contributed by atoms with van der Waals surface area (Å²) in [6.07, 6.45) is 1.23. The molecular weight excluding hydrogens is 540 g/mol. The van der Waals surface area contributed by atoms with Crippen LogP contribution >= 0.6 is 22.9 Å². The van der Waals surface area contributed by atoms with Gasteiger partial charge in [0.15, 0.2) is 0 Å². The number of fused-ring (bicyclic) bond motifs is 1. The maximum Gasteiger partial charge on any atom is 0.243 e. The number of sulfonamides is 1. The Morgan fingerprint density at radius 3 is 2.42 bits per heavy atom. The molecule has 3 aromatic rings. The van der Waals surface area contributed by atoms with Crippen LogP contribution in [0, 0.1) is 0 Å². The molecule has 0 bridgehead atoms. The van der Waals surface area contributed by atoms with Crippen molar-refractivity contribution in [3.63, 3.8) is 0 Å². The highest BCUT2D eigenvalue weighted by Crippen LogP contribution is 2.38. The number of ether oxygens (including phenoxy) is 1. The number of amides is 1. The van der Waals surface area contributed by atoms with E-state index in [1.165, 1.54) is 9.18 Å². The fourth-order valence-electron chi connectivity index (χ4n) is 4.78. The molecule has 4 rings (SSSR count). The van der Waals surface area contributed by atoms with Gasteiger partial charge in [0.1, 0.15) is 0 Å². The Balaban J connectivity index is 1.63. The van der Waals surface area contributed by atoms with Crippen LogP contribution in [0.15, 0.2) is 64.9 Å². The molecule has 1 amide bonds. The van der Waals surface area contributed by atoms with E-state index in [0.29, 0.717) is 24.6 Å². The van der Waals surface area contributed by atoms with Gasteiger partial charge in [-0.1, -0.05) is 56.6 Å². The van der Waals surface area contributed by atoms with Crippen molar-refractivity contribution in [2.75, 3.05) is 33.4 Å². The number of carbonyl (C=O) groups is 1. The minimum absolute atomic E-state index is 0.0954. The summed E-state index contributed by atoms with van der Waals surface area (Å²) in [6.45, 7) is 7.12. The van der Waals surface area contributed by atoms with Gasteiger partial charge >= 0.3 is 0 Å². The number of hydrogen-bond acceptors (Lipinski definition) is 5. The van der Waals surface area contributed by atoms with Crippen LogP contribution in [0.4, 0.5) is 0 Å². The highest BCUT2D eigenvalue weighted by Gasteiger charge is 2.35. The van der Waals surface area contributed by atoms with Crippen LogP contribution in [0.2, 0.25) is 5.02 Å². The number of rotatable bonds is 9. The van der Waals surface area contributed by atoms with Gasteiger partial charge in [0.25, 0.3) is 0 Å². The quantitative estimate of drug-likeness (QED) is 0.298. The minimum Gasteiger partial charge on any atom is -0.385 e. The molecule has 0 aliphatic carbocycles. The molecule has 1 aromatic heterocycles. The van der Waals surface area contributed by atoms with Crippen LogP contribution in [0.3, 0.4) is 0 Å². The van der Waals surface area contributed by atoms with E-state index in [4.69, 9.17) is 16.3 Å². The first-order valence-corrected chi connectivity index (χ1v) is 15.4. The van der Waals surface area contributed by atoms with Crippen molar-refractivity contribution in [1.82, 2.24) is 9.21 Å². The number of carbonyl (C=O) groups excluding carboxylic acids is 1. The molecule has 0 saturated carbocycles. The van der Waals surface area contributed by atoms with E-state index >= 15 is 0 Å². The molecule has 9 heteroatoms. The second-order valence-electron chi connectivity index (χ2n) is 10.5. The maximum absolute atomic E-state index is 13.9. The molecule has 1 atom stereocenters. The molecule has 38 heavy (non-hydrogen) atoms. The van der Waals surface area contributed by atoms with Gasteiger partial charge in [0.2, 0.25) is 15.9 Å². The van der Waals surface area contributed by atoms with Gasteiger partial charge in [-0.2, -0.15) is 4.31 Å². The minimum atomic E-state index is -3.90. The Hall–Kier alpha value is -2.23. The molecule has 0 fully saturated rings. The molecule has 1 aliphatic rings. The highest BCUT2D eigenvalue weighted by atomic mass is 35.5. The first-order chi connectivity index (χ1) is 18.0. The number of halogens is 1. The third-order valence-corrected chi connectivity index (χ3v) is 10.0. The second kappa shape index (κ2) is 11.9. The van der Waals surface area contributed by atoms with Gasteiger partial charge < -0.3 is 9.64 Å². The van der Waals surface area contributed by atoms with Crippen LogP contribution in [0.1, 0.15) is 54.8 Å². The largest absolute Gasteiger partial charge is 0.385 e. The molecule has 2 aromatic carbocycles. The zero-order valence-electron chi connectivity index (χ0n) is 22.3. The lowest BCUT2D eigenvalue weighted by Gasteiger charge is -2.37. The summed E-state index contributed by atoms with van der Waals surface area (Å²) >= 11 is 7.83. The smallest absolute Gasteiger partial charge is 0.243 e. The second-order valence-corrected chi connectivity index (χ2v) is 13.9. The van der Waals surface area contributed by atoms with Gasteiger partial charge in [-0.15, -0.1) is 11.3 Å². The molecule has 0 N–H and O–H groups in total. The van der Waals surface area contributed by atoms with Crippen molar-refractivity contribution in [3.05, 3.63) is 86.6 Å². The van der Waals surface area contributed by atoms with E-state index in [1.54, 1.807) is 35.5 Å². The van der Waals surface area contributed by atoms with E-state index in [2.05, 4.69) is 26.8 Å². The van der Waals surface area contributed by atoms with Crippen molar-refractivity contribution in [2.24, 2.45) is 0 Å². The third kappa shape index (κ3) is 6.32. The summed E-state index contributed by atoms with van der Waals surface area (Å²) in [5.74, 6) is -0.228. The van der Waals surface area contributed by atoms with Crippen LogP contribution in [0.5, 0.6) is 0 Å². The van der Waals surface area contributed by atoms with Crippen molar-refractivity contribution in [3.8, 4) is 0 Å². The lowest BCUT2D eigenvalue weighted by atomic mass is 9.87. The summed E-state index contributed by atoms with van der Waals surface area (Å²) in [6, 6.07) is 16.3. The molecular formula is C29H35ClN2O4S2. The normalized spacial score (nSPS) is 16.1. The average Bonchev–Trinajstić information content (AvgIpc) is 3.37. The standard InChI is InChI=1S/C29H35ClN2O4S2/c1-29(2,3)22-8-12-24(13-9-22)38(34,35)31(16-5-18-36-4)20-27(33)32-17-14-26-25(15-19-37-26)28(32)21-6-10-23(30)11-7-21/h6-13,15,19,28H,5,14,16-18,20H2,1-4H3/t28-/m1/s1. The van der Waals surface area contributed by atoms with Gasteiger partial charge in [0, 0.05) is 36.7 Å². The monoisotopic (exact) mass is 574 g/mol. The molecule has 204 valence electrons. The molecule has 2 heterocycles. The number of methoxy groups -OCH3 is 1. The van der Waals surface area contributed by atoms with Crippen molar-refractivity contribution in [2.45, 2.75) is 50.0 Å². The first-order valence-electron chi connectivity index (χ1n) is 12.7. The van der Waals surface area contributed by atoms with Gasteiger partial charge in [-0.25, -0.2) is 8.42 Å². The topological polar surface area (TPSA) is 66.9 Å². The Morgan fingerprint density at radius 2 is 1.79 bits per heavy atom. The summed E-state index contributed by atoms with van der Waals surface area (Å²) in [5.41, 5.74) is 2.99. The molecule has 0 saturated heterocycles. The molecule has 0 unspecified atom stereocenters. The number of thiophene rings is 1. The van der Waals surface area contributed by atoms with Crippen LogP contribution in [-0.2, 0) is 31.4 Å².